The third kappa shape index (κ3) is 2.80. The Kier molecular flexibility index (Phi) is 4.17. The van der Waals surface area contributed by atoms with E-state index in [1.807, 2.05) is 0 Å². The maximum atomic E-state index is 12.8. The zero-order chi connectivity index (χ0) is 17.1. The molecule has 1 N–H and O–H groups in total. The molecule has 7 heteroatoms. The number of nitro groups is 1. The van der Waals surface area contributed by atoms with E-state index in [1.54, 1.807) is 41.1 Å². The molecule has 0 spiro atoms. The monoisotopic (exact) mass is 323 g/mol. The van der Waals surface area contributed by atoms with Gasteiger partial charge in [0.15, 0.2) is 5.78 Å². The molecule has 0 unspecified atom stereocenters. The molecule has 0 atom stereocenters. The summed E-state index contributed by atoms with van der Waals surface area (Å²) in [6.45, 7) is -0.317. The predicted molar refractivity (Wildman–Crippen MR) is 86.0 cm³/mol. The van der Waals surface area contributed by atoms with Gasteiger partial charge in [-0.2, -0.15) is 0 Å². The van der Waals surface area contributed by atoms with Crippen LogP contribution in [-0.2, 0) is 6.61 Å². The number of ketones is 1. The fourth-order valence-corrected chi connectivity index (χ4v) is 2.45. The maximum Gasteiger partial charge on any atom is 0.270 e. The lowest BCUT2D eigenvalue weighted by atomic mass is 10.0. The van der Waals surface area contributed by atoms with Crippen LogP contribution >= 0.6 is 0 Å². The van der Waals surface area contributed by atoms with Gasteiger partial charge in [0.05, 0.1) is 16.2 Å². The minimum atomic E-state index is -0.549. The normalized spacial score (nSPS) is 10.5. The molecule has 7 nitrogen and oxygen atoms in total. The molecule has 2 aromatic carbocycles. The van der Waals surface area contributed by atoms with Gasteiger partial charge in [-0.1, -0.05) is 30.3 Å². The molecule has 3 aromatic rings. The molecule has 0 radical (unpaired) electrons. The first-order valence-corrected chi connectivity index (χ1v) is 7.13. The van der Waals surface area contributed by atoms with Gasteiger partial charge in [0, 0.05) is 30.1 Å². The number of benzene rings is 2. The van der Waals surface area contributed by atoms with Crippen molar-refractivity contribution < 1.29 is 14.8 Å². The van der Waals surface area contributed by atoms with E-state index < -0.39 is 4.92 Å². The van der Waals surface area contributed by atoms with Crippen LogP contribution in [-0.4, -0.2) is 25.4 Å². The third-order valence-corrected chi connectivity index (χ3v) is 3.59. The summed E-state index contributed by atoms with van der Waals surface area (Å²) in [5, 5.41) is 20.4. The van der Waals surface area contributed by atoms with Crippen molar-refractivity contribution in [3.63, 3.8) is 0 Å². The van der Waals surface area contributed by atoms with Crippen LogP contribution in [0, 0.1) is 10.1 Å². The van der Waals surface area contributed by atoms with Crippen molar-refractivity contribution in [2.24, 2.45) is 0 Å². The lowest BCUT2D eigenvalue weighted by Gasteiger charge is -2.12. The Balaban J connectivity index is 2.19. The summed E-state index contributed by atoms with van der Waals surface area (Å²) >= 11 is 0. The lowest BCUT2D eigenvalue weighted by molar-refractivity contribution is -0.384. The van der Waals surface area contributed by atoms with Gasteiger partial charge in [-0.3, -0.25) is 14.9 Å². The molecule has 0 fully saturated rings. The van der Waals surface area contributed by atoms with Gasteiger partial charge in [0.25, 0.3) is 5.69 Å². The van der Waals surface area contributed by atoms with Crippen molar-refractivity contribution in [2.75, 3.05) is 0 Å². The Labute approximate surface area is 137 Å². The Morgan fingerprint density at radius 3 is 2.62 bits per heavy atom. The number of imidazole rings is 1. The highest BCUT2D eigenvalue weighted by atomic mass is 16.6. The number of nitrogens with zero attached hydrogens (tertiary/aromatic N) is 3. The highest BCUT2D eigenvalue weighted by Crippen LogP contribution is 2.25. The van der Waals surface area contributed by atoms with Crippen molar-refractivity contribution in [1.82, 2.24) is 9.55 Å². The van der Waals surface area contributed by atoms with Gasteiger partial charge in [-0.15, -0.1) is 0 Å². The van der Waals surface area contributed by atoms with E-state index in [9.17, 15) is 20.0 Å². The van der Waals surface area contributed by atoms with Crippen molar-refractivity contribution in [2.45, 2.75) is 6.61 Å². The van der Waals surface area contributed by atoms with E-state index in [2.05, 4.69) is 4.98 Å². The maximum absolute atomic E-state index is 12.8. The number of nitro benzene ring substituents is 1. The van der Waals surface area contributed by atoms with E-state index in [4.69, 9.17) is 0 Å². The molecule has 1 aromatic heterocycles. The van der Waals surface area contributed by atoms with Crippen molar-refractivity contribution in [3.05, 3.63) is 88.0 Å². The van der Waals surface area contributed by atoms with Crippen molar-refractivity contribution in [1.29, 1.82) is 0 Å². The van der Waals surface area contributed by atoms with Crippen molar-refractivity contribution in [3.8, 4) is 5.69 Å². The molecular weight excluding hydrogens is 310 g/mol. The van der Waals surface area contributed by atoms with Crippen LogP contribution in [0.1, 0.15) is 21.7 Å². The summed E-state index contributed by atoms with van der Waals surface area (Å²) in [6, 6.07) is 12.6. The van der Waals surface area contributed by atoms with Crippen LogP contribution in [0.25, 0.3) is 5.69 Å². The first-order valence-electron chi connectivity index (χ1n) is 7.13. The minimum Gasteiger partial charge on any atom is -0.388 e. The molecule has 0 saturated carbocycles. The van der Waals surface area contributed by atoms with Gasteiger partial charge in [-0.05, 0) is 6.07 Å². The van der Waals surface area contributed by atoms with E-state index >= 15 is 0 Å². The Morgan fingerprint density at radius 1 is 1.21 bits per heavy atom. The average Bonchev–Trinajstić information content (AvgIpc) is 3.09. The topological polar surface area (TPSA) is 98.3 Å². The number of aliphatic hydroxyl groups excluding tert-OH is 1. The molecule has 0 saturated heterocycles. The van der Waals surface area contributed by atoms with Crippen LogP contribution < -0.4 is 0 Å². The molecule has 0 aliphatic rings. The number of hydrogen-bond acceptors (Lipinski definition) is 5. The van der Waals surface area contributed by atoms with Gasteiger partial charge < -0.3 is 9.67 Å². The number of aliphatic hydroxyl groups is 1. The second-order valence-corrected chi connectivity index (χ2v) is 5.03. The zero-order valence-corrected chi connectivity index (χ0v) is 12.5. The smallest absolute Gasteiger partial charge is 0.270 e. The zero-order valence-electron chi connectivity index (χ0n) is 12.5. The van der Waals surface area contributed by atoms with Crippen LogP contribution in [0.5, 0.6) is 0 Å². The minimum absolute atomic E-state index is 0.170. The molecule has 0 amide bonds. The highest BCUT2D eigenvalue weighted by molar-refractivity contribution is 6.11. The number of carbonyl (C=O) groups excluding carboxylic acids is 1. The number of aromatic nitrogens is 2. The van der Waals surface area contributed by atoms with Crippen LogP contribution in [0.15, 0.2) is 60.9 Å². The fourth-order valence-electron chi connectivity index (χ4n) is 2.45. The predicted octanol–water partition coefficient (Wildman–Crippen LogP) is 2.50. The summed E-state index contributed by atoms with van der Waals surface area (Å²) in [4.78, 5) is 27.3. The molecule has 3 rings (SSSR count). The summed E-state index contributed by atoms with van der Waals surface area (Å²) in [6.07, 6.45) is 3.08. The van der Waals surface area contributed by atoms with Crippen molar-refractivity contribution >= 4 is 11.5 Å². The Bertz CT molecular complexity index is 903. The number of carbonyl (C=O) groups is 1. The summed E-state index contributed by atoms with van der Waals surface area (Å²) in [5.74, 6) is -0.00199. The molecule has 1 heterocycles. The van der Waals surface area contributed by atoms with E-state index in [0.717, 1.165) is 0 Å². The SMILES string of the molecule is O=C(c1ccccc1)c1cc([N+](=O)[O-])ccc1-n1ccnc1CO. The molecule has 24 heavy (non-hydrogen) atoms. The lowest BCUT2D eigenvalue weighted by Crippen LogP contribution is -2.10. The highest BCUT2D eigenvalue weighted by Gasteiger charge is 2.20. The fraction of sp³-hybridized carbons (Fsp3) is 0.0588. The van der Waals surface area contributed by atoms with E-state index in [1.165, 1.54) is 24.4 Å². The van der Waals surface area contributed by atoms with Gasteiger partial charge >= 0.3 is 0 Å². The largest absolute Gasteiger partial charge is 0.388 e. The number of rotatable bonds is 5. The summed E-state index contributed by atoms with van der Waals surface area (Å²) in [7, 11) is 0. The van der Waals surface area contributed by atoms with E-state index in [-0.39, 0.29) is 23.6 Å². The Hall–Kier alpha value is -3.32. The quantitative estimate of drug-likeness (QED) is 0.442. The van der Waals surface area contributed by atoms with Gasteiger partial charge in [-0.25, -0.2) is 4.98 Å². The average molecular weight is 323 g/mol. The van der Waals surface area contributed by atoms with Crippen LogP contribution in [0.3, 0.4) is 0 Å². The molecule has 0 aliphatic heterocycles. The number of non-ortho nitro benzene ring substituents is 1. The van der Waals surface area contributed by atoms with E-state index in [0.29, 0.717) is 17.1 Å². The number of hydrogen-bond donors (Lipinski definition) is 1. The molecule has 0 bridgehead atoms. The molecule has 120 valence electrons. The van der Waals surface area contributed by atoms with Gasteiger partial charge in [0.1, 0.15) is 12.4 Å². The van der Waals surface area contributed by atoms with Crippen LogP contribution in [0.2, 0.25) is 0 Å². The standard InChI is InChI=1S/C17H13N3O4/c21-11-16-18-8-9-19(16)15-7-6-13(20(23)24)10-14(15)17(22)12-4-2-1-3-5-12/h1-10,21H,11H2. The molecule has 0 aliphatic carbocycles. The van der Waals surface area contributed by atoms with Crippen LogP contribution in [0.4, 0.5) is 5.69 Å². The Morgan fingerprint density at radius 2 is 1.96 bits per heavy atom. The van der Waals surface area contributed by atoms with Gasteiger partial charge in [0.2, 0.25) is 0 Å². The third-order valence-electron chi connectivity index (χ3n) is 3.59. The first-order chi connectivity index (χ1) is 11.6. The first kappa shape index (κ1) is 15.6. The summed E-state index contributed by atoms with van der Waals surface area (Å²) < 4.78 is 1.54. The second kappa shape index (κ2) is 6.43. The molecular formula is C17H13N3O4. The summed E-state index contributed by atoms with van der Waals surface area (Å²) in [5.41, 5.74) is 0.840. The second-order valence-electron chi connectivity index (χ2n) is 5.03.